The van der Waals surface area contributed by atoms with Crippen molar-refractivity contribution in [2.45, 2.75) is 50.7 Å². The predicted octanol–water partition coefficient (Wildman–Crippen LogP) is 2.64. The van der Waals surface area contributed by atoms with E-state index >= 15 is 0 Å². The third-order valence-electron chi connectivity index (χ3n) is 4.19. The number of aryl methyl sites for hydroxylation is 1. The van der Waals surface area contributed by atoms with Crippen LogP contribution in [0.3, 0.4) is 0 Å². The third kappa shape index (κ3) is 7.40. The summed E-state index contributed by atoms with van der Waals surface area (Å²) in [5.41, 5.74) is 1.74. The number of ether oxygens (including phenoxy) is 1. The van der Waals surface area contributed by atoms with Crippen LogP contribution in [0.25, 0.3) is 0 Å². The summed E-state index contributed by atoms with van der Waals surface area (Å²) in [5, 5.41) is 6.56. The Morgan fingerprint density at radius 3 is 2.69 bits per heavy atom. The van der Waals surface area contributed by atoms with E-state index in [1.165, 1.54) is 6.26 Å². The summed E-state index contributed by atoms with van der Waals surface area (Å²) < 4.78 is 29.0. The number of benzene rings is 1. The maximum absolute atomic E-state index is 11.7. The van der Waals surface area contributed by atoms with Gasteiger partial charge >= 0.3 is 0 Å². The quantitative estimate of drug-likeness (QED) is 0.346. The molecule has 148 valence electrons. The van der Waals surface area contributed by atoms with Crippen LogP contribution in [0.2, 0.25) is 0 Å². The predicted molar refractivity (Wildman–Crippen MR) is 116 cm³/mol. The van der Waals surface area contributed by atoms with E-state index in [1.807, 2.05) is 26.0 Å². The number of sulfone groups is 1. The smallest absolute Gasteiger partial charge is 0.191 e. The van der Waals surface area contributed by atoms with Gasteiger partial charge in [-0.1, -0.05) is 12.1 Å². The molecule has 1 aliphatic rings. The van der Waals surface area contributed by atoms with Crippen LogP contribution < -0.4 is 10.6 Å². The normalized spacial score (nSPS) is 17.7. The van der Waals surface area contributed by atoms with E-state index in [2.05, 4.69) is 15.6 Å². The van der Waals surface area contributed by atoms with Crippen molar-refractivity contribution in [2.24, 2.45) is 4.99 Å². The van der Waals surface area contributed by atoms with Crippen LogP contribution in [0, 0.1) is 6.92 Å². The zero-order chi connectivity index (χ0) is 18.3. The number of guanidine groups is 1. The van der Waals surface area contributed by atoms with Crippen molar-refractivity contribution >= 4 is 39.8 Å². The first-order chi connectivity index (χ1) is 11.9. The van der Waals surface area contributed by atoms with Crippen LogP contribution in [0.4, 0.5) is 0 Å². The van der Waals surface area contributed by atoms with Gasteiger partial charge in [0.15, 0.2) is 15.8 Å². The average Bonchev–Trinajstić information content (AvgIpc) is 3.04. The molecule has 2 rings (SSSR count). The van der Waals surface area contributed by atoms with E-state index in [0.717, 1.165) is 56.0 Å². The highest BCUT2D eigenvalue weighted by atomic mass is 127. The molecule has 8 heteroatoms. The Morgan fingerprint density at radius 2 is 2.12 bits per heavy atom. The Bertz CT molecular complexity index is 702. The van der Waals surface area contributed by atoms with Crippen molar-refractivity contribution in [3.05, 3.63) is 29.3 Å². The monoisotopic (exact) mass is 495 g/mol. The Kier molecular flexibility index (Phi) is 9.88. The molecule has 6 nitrogen and oxygen atoms in total. The maximum Gasteiger partial charge on any atom is 0.191 e. The van der Waals surface area contributed by atoms with Crippen molar-refractivity contribution in [2.75, 3.05) is 26.0 Å². The molecule has 0 spiro atoms. The number of nitrogens with zero attached hydrogens (tertiary/aromatic N) is 1. The highest BCUT2D eigenvalue weighted by Gasteiger charge is 2.15. The highest BCUT2D eigenvalue weighted by Crippen LogP contribution is 2.17. The second-order valence-electron chi connectivity index (χ2n) is 6.42. The van der Waals surface area contributed by atoms with Gasteiger partial charge in [-0.2, -0.15) is 0 Å². The first-order valence-corrected chi connectivity index (χ1v) is 10.7. The van der Waals surface area contributed by atoms with Crippen LogP contribution in [-0.4, -0.2) is 46.4 Å². The van der Waals surface area contributed by atoms with Gasteiger partial charge in [-0.05, 0) is 50.3 Å². The second kappa shape index (κ2) is 11.1. The number of hydrogen-bond acceptors (Lipinski definition) is 4. The van der Waals surface area contributed by atoms with Crippen molar-refractivity contribution in [3.8, 4) is 0 Å². The number of hydrogen-bond donors (Lipinski definition) is 2. The van der Waals surface area contributed by atoms with Crippen LogP contribution in [0.15, 0.2) is 28.1 Å². The Labute approximate surface area is 174 Å². The molecule has 0 saturated carbocycles. The van der Waals surface area contributed by atoms with Gasteiger partial charge < -0.3 is 15.4 Å². The number of nitrogens with one attached hydrogen (secondary N) is 2. The zero-order valence-electron chi connectivity index (χ0n) is 15.7. The fourth-order valence-corrected chi connectivity index (χ4v) is 3.92. The highest BCUT2D eigenvalue weighted by molar-refractivity contribution is 14.0. The number of halogens is 1. The first kappa shape index (κ1) is 23.2. The topological polar surface area (TPSA) is 79.8 Å². The van der Waals surface area contributed by atoms with E-state index in [9.17, 15) is 8.42 Å². The molecule has 1 aromatic carbocycles. The van der Waals surface area contributed by atoms with E-state index in [-0.39, 0.29) is 24.0 Å². The summed E-state index contributed by atoms with van der Waals surface area (Å²) in [6, 6.07) is 5.37. The van der Waals surface area contributed by atoms with Gasteiger partial charge in [0.2, 0.25) is 0 Å². The summed E-state index contributed by atoms with van der Waals surface area (Å²) in [4.78, 5) is 4.96. The lowest BCUT2D eigenvalue weighted by molar-refractivity contribution is 0.105. The SMILES string of the molecule is CCNC(=NCc1ccc(S(C)(=O)=O)c(C)c1)NCCC1CCCO1.I. The molecule has 0 radical (unpaired) electrons. The molecule has 1 heterocycles. The van der Waals surface area contributed by atoms with Crippen molar-refractivity contribution in [1.29, 1.82) is 0 Å². The Morgan fingerprint density at radius 1 is 1.35 bits per heavy atom. The largest absolute Gasteiger partial charge is 0.378 e. The lowest BCUT2D eigenvalue weighted by atomic mass is 10.1. The van der Waals surface area contributed by atoms with Crippen molar-refractivity contribution in [1.82, 2.24) is 10.6 Å². The Balaban J connectivity index is 0.00000338. The van der Waals surface area contributed by atoms with Crippen molar-refractivity contribution < 1.29 is 13.2 Å². The van der Waals surface area contributed by atoms with Crippen LogP contribution in [-0.2, 0) is 21.1 Å². The number of aliphatic imine (C=N–C) groups is 1. The van der Waals surface area contributed by atoms with E-state index in [0.29, 0.717) is 17.5 Å². The summed E-state index contributed by atoms with van der Waals surface area (Å²) in [6.07, 6.45) is 4.87. The fraction of sp³-hybridized carbons (Fsp3) is 0.611. The molecule has 1 saturated heterocycles. The Hall–Kier alpha value is -0.870. The average molecular weight is 495 g/mol. The molecule has 1 aliphatic heterocycles. The lowest BCUT2D eigenvalue weighted by Gasteiger charge is -2.14. The van der Waals surface area contributed by atoms with Gasteiger partial charge in [0.05, 0.1) is 17.5 Å². The first-order valence-electron chi connectivity index (χ1n) is 8.83. The number of rotatable bonds is 7. The van der Waals surface area contributed by atoms with Crippen LogP contribution in [0.5, 0.6) is 0 Å². The lowest BCUT2D eigenvalue weighted by Crippen LogP contribution is -2.38. The van der Waals surface area contributed by atoms with Gasteiger partial charge in [0, 0.05) is 26.0 Å². The molecule has 26 heavy (non-hydrogen) atoms. The summed E-state index contributed by atoms with van der Waals surface area (Å²) in [7, 11) is -3.18. The minimum absolute atomic E-state index is 0. The molecule has 1 fully saturated rings. The molecule has 1 aromatic rings. The molecule has 0 bridgehead atoms. The molecule has 0 aromatic heterocycles. The summed E-state index contributed by atoms with van der Waals surface area (Å²) in [6.45, 7) is 6.83. The van der Waals surface area contributed by atoms with Crippen molar-refractivity contribution in [3.63, 3.8) is 0 Å². The second-order valence-corrected chi connectivity index (χ2v) is 8.40. The van der Waals surface area contributed by atoms with Gasteiger partial charge in [0.25, 0.3) is 0 Å². The molecule has 2 N–H and O–H groups in total. The summed E-state index contributed by atoms with van der Waals surface area (Å²) in [5.74, 6) is 0.769. The van der Waals surface area contributed by atoms with E-state index < -0.39 is 9.84 Å². The minimum Gasteiger partial charge on any atom is -0.378 e. The van der Waals surface area contributed by atoms with Gasteiger partial charge in [0.1, 0.15) is 0 Å². The van der Waals surface area contributed by atoms with E-state index in [4.69, 9.17) is 4.74 Å². The molecule has 1 atom stereocenters. The minimum atomic E-state index is -3.18. The molecular weight excluding hydrogens is 465 g/mol. The maximum atomic E-state index is 11.7. The van der Waals surface area contributed by atoms with Crippen LogP contribution >= 0.6 is 24.0 Å². The summed E-state index contributed by atoms with van der Waals surface area (Å²) >= 11 is 0. The van der Waals surface area contributed by atoms with Gasteiger partial charge in [-0.25, -0.2) is 13.4 Å². The molecular formula is C18H30IN3O3S. The zero-order valence-corrected chi connectivity index (χ0v) is 18.9. The fourth-order valence-electron chi connectivity index (χ4n) is 2.96. The van der Waals surface area contributed by atoms with E-state index in [1.54, 1.807) is 6.07 Å². The third-order valence-corrected chi connectivity index (χ3v) is 5.44. The molecule has 0 amide bonds. The molecule has 0 aliphatic carbocycles. The standard InChI is InChI=1S/C18H29N3O3S.HI/c1-4-19-18(20-10-9-16-6-5-11-24-16)21-13-15-7-8-17(14(2)12-15)25(3,22)23;/h7-8,12,16H,4-6,9-11,13H2,1-3H3,(H2,19,20,21);1H. The van der Waals surface area contributed by atoms with Crippen LogP contribution in [0.1, 0.15) is 37.3 Å². The van der Waals surface area contributed by atoms with Gasteiger partial charge in [-0.3, -0.25) is 0 Å². The molecule has 1 unspecified atom stereocenters. The van der Waals surface area contributed by atoms with Gasteiger partial charge in [-0.15, -0.1) is 24.0 Å².